The number of ether oxygens (including phenoxy) is 1. The van der Waals surface area contributed by atoms with Crippen LogP contribution >= 0.6 is 22.2 Å². The summed E-state index contributed by atoms with van der Waals surface area (Å²) in [5.41, 5.74) is 1.25. The molecular formula is C15H21Cl2FOSi. The van der Waals surface area contributed by atoms with Crippen molar-refractivity contribution < 1.29 is 9.13 Å². The summed E-state index contributed by atoms with van der Waals surface area (Å²) in [6.45, 7) is 0.773. The normalized spacial score (nSPS) is 23.2. The van der Waals surface area contributed by atoms with Gasteiger partial charge in [0.25, 0.3) is 0 Å². The monoisotopic (exact) mass is 334 g/mol. The fourth-order valence-electron chi connectivity index (χ4n) is 2.79. The molecule has 1 aliphatic rings. The Kier molecular flexibility index (Phi) is 6.82. The summed E-state index contributed by atoms with van der Waals surface area (Å²) in [7, 11) is -1.47. The van der Waals surface area contributed by atoms with Crippen molar-refractivity contribution >= 4 is 29.6 Å². The molecule has 0 saturated heterocycles. The van der Waals surface area contributed by atoms with Crippen LogP contribution in [0.5, 0.6) is 0 Å². The van der Waals surface area contributed by atoms with Crippen LogP contribution in [0.1, 0.15) is 43.6 Å². The van der Waals surface area contributed by atoms with Gasteiger partial charge in [0.1, 0.15) is 5.82 Å². The van der Waals surface area contributed by atoms with E-state index in [1.165, 1.54) is 5.56 Å². The first-order valence-corrected chi connectivity index (χ1v) is 11.6. The van der Waals surface area contributed by atoms with Gasteiger partial charge in [-0.05, 0) is 61.8 Å². The maximum Gasteiger partial charge on any atom is 0.237 e. The third-order valence-corrected chi connectivity index (χ3v) is 6.09. The molecule has 0 aliphatic heterocycles. The Balaban J connectivity index is 1.68. The Labute approximate surface area is 131 Å². The Morgan fingerprint density at radius 2 is 1.75 bits per heavy atom. The fraction of sp³-hybridized carbons (Fsp3) is 0.600. The smallest absolute Gasteiger partial charge is 0.237 e. The lowest BCUT2D eigenvalue weighted by Gasteiger charge is -2.29. The Hall–Kier alpha value is -0.0931. The first kappa shape index (κ1) is 16.3. The van der Waals surface area contributed by atoms with Crippen LogP contribution in [0.25, 0.3) is 0 Å². The molecule has 1 nitrogen and oxygen atoms in total. The summed E-state index contributed by atoms with van der Waals surface area (Å²) < 4.78 is 18.8. The van der Waals surface area contributed by atoms with Crippen LogP contribution in [0.15, 0.2) is 24.3 Å². The number of rotatable bonds is 6. The van der Waals surface area contributed by atoms with E-state index < -0.39 is 7.42 Å². The third-order valence-electron chi connectivity index (χ3n) is 3.94. The topological polar surface area (TPSA) is 9.23 Å². The predicted octanol–water partition coefficient (Wildman–Crippen LogP) is 4.96. The average molecular weight is 335 g/mol. The molecule has 112 valence electrons. The summed E-state index contributed by atoms with van der Waals surface area (Å²) >= 11 is 11.6. The van der Waals surface area contributed by atoms with Crippen LogP contribution in [0.4, 0.5) is 4.39 Å². The van der Waals surface area contributed by atoms with Crippen molar-refractivity contribution in [2.45, 2.75) is 50.2 Å². The van der Waals surface area contributed by atoms with Crippen molar-refractivity contribution in [2.75, 3.05) is 6.61 Å². The van der Waals surface area contributed by atoms with E-state index in [-0.39, 0.29) is 5.82 Å². The zero-order chi connectivity index (χ0) is 14.4. The summed E-state index contributed by atoms with van der Waals surface area (Å²) in [6, 6.07) is 7.85. The highest BCUT2D eigenvalue weighted by molar-refractivity contribution is 7.33. The van der Waals surface area contributed by atoms with Gasteiger partial charge in [0.15, 0.2) is 0 Å². The maximum atomic E-state index is 12.9. The first-order chi connectivity index (χ1) is 9.65. The highest BCUT2D eigenvalue weighted by Crippen LogP contribution is 2.34. The minimum atomic E-state index is -1.47. The van der Waals surface area contributed by atoms with Crippen LogP contribution in [0, 0.1) is 5.82 Å². The summed E-state index contributed by atoms with van der Waals surface area (Å²) in [5, 5.41) is 0. The molecule has 1 aromatic rings. The molecule has 1 saturated carbocycles. The van der Waals surface area contributed by atoms with E-state index in [1.807, 2.05) is 12.1 Å². The molecule has 0 bridgehead atoms. The molecule has 1 fully saturated rings. The van der Waals surface area contributed by atoms with Gasteiger partial charge in [-0.25, -0.2) is 4.39 Å². The standard InChI is InChI=1S/C15H21Cl2FOSi/c16-20(17)11-1-10-19-15-8-4-13(5-9-15)12-2-6-14(18)7-3-12/h2-3,6-7,13,15,20H,1,4-5,8-11H2/t13-,15-. The third kappa shape index (κ3) is 5.36. The van der Waals surface area contributed by atoms with Gasteiger partial charge in [0.05, 0.1) is 6.10 Å². The molecule has 0 aromatic heterocycles. The molecule has 5 heteroatoms. The second-order valence-corrected chi connectivity index (χ2v) is 10.6. The zero-order valence-corrected chi connectivity index (χ0v) is 14.2. The van der Waals surface area contributed by atoms with Gasteiger partial charge in [-0.1, -0.05) is 12.1 Å². The van der Waals surface area contributed by atoms with Crippen LogP contribution in [-0.2, 0) is 4.74 Å². The molecule has 0 radical (unpaired) electrons. The lowest BCUT2D eigenvalue weighted by molar-refractivity contribution is 0.0251. The highest BCUT2D eigenvalue weighted by atomic mass is 35.7. The highest BCUT2D eigenvalue weighted by Gasteiger charge is 2.22. The molecule has 0 heterocycles. The van der Waals surface area contributed by atoms with Crippen molar-refractivity contribution in [2.24, 2.45) is 0 Å². The largest absolute Gasteiger partial charge is 0.378 e. The van der Waals surface area contributed by atoms with Crippen molar-refractivity contribution in [3.63, 3.8) is 0 Å². The van der Waals surface area contributed by atoms with E-state index >= 15 is 0 Å². The minimum Gasteiger partial charge on any atom is -0.378 e. The average Bonchev–Trinajstić information content (AvgIpc) is 2.45. The molecule has 1 aliphatic carbocycles. The molecule has 2 rings (SSSR count). The van der Waals surface area contributed by atoms with E-state index in [2.05, 4.69) is 0 Å². The lowest BCUT2D eigenvalue weighted by atomic mass is 9.83. The molecule has 20 heavy (non-hydrogen) atoms. The first-order valence-electron chi connectivity index (χ1n) is 7.30. The Morgan fingerprint density at radius 3 is 2.35 bits per heavy atom. The Bertz CT molecular complexity index is 391. The second kappa shape index (κ2) is 8.37. The van der Waals surface area contributed by atoms with Crippen LogP contribution in [0.3, 0.4) is 0 Å². The van der Waals surface area contributed by atoms with Crippen molar-refractivity contribution in [1.82, 2.24) is 0 Å². The van der Waals surface area contributed by atoms with Gasteiger partial charge in [-0.15, -0.1) is 0 Å². The van der Waals surface area contributed by atoms with Gasteiger partial charge in [0.2, 0.25) is 7.42 Å². The summed E-state index contributed by atoms with van der Waals surface area (Å²) in [5.74, 6) is 0.393. The van der Waals surface area contributed by atoms with Crippen molar-refractivity contribution in [1.29, 1.82) is 0 Å². The van der Waals surface area contributed by atoms with Crippen LogP contribution in [-0.4, -0.2) is 20.1 Å². The quantitative estimate of drug-likeness (QED) is 0.406. The lowest BCUT2D eigenvalue weighted by Crippen LogP contribution is -2.21. The Morgan fingerprint density at radius 1 is 1.10 bits per heavy atom. The van der Waals surface area contributed by atoms with Gasteiger partial charge in [-0.2, -0.15) is 22.2 Å². The SMILES string of the molecule is Fc1ccc([C@H]2CC[C@H](OCCC[SiH](Cl)Cl)CC2)cc1. The molecule has 0 amide bonds. The van der Waals surface area contributed by atoms with E-state index in [9.17, 15) is 4.39 Å². The zero-order valence-electron chi connectivity index (χ0n) is 11.5. The molecule has 0 atom stereocenters. The van der Waals surface area contributed by atoms with E-state index in [0.717, 1.165) is 44.8 Å². The predicted molar refractivity (Wildman–Crippen MR) is 85.6 cm³/mol. The van der Waals surface area contributed by atoms with Crippen molar-refractivity contribution in [3.8, 4) is 0 Å². The summed E-state index contributed by atoms with van der Waals surface area (Å²) in [6.07, 6.45) is 5.77. The maximum absolute atomic E-state index is 12.9. The number of hydrogen-bond acceptors (Lipinski definition) is 1. The van der Waals surface area contributed by atoms with Gasteiger partial charge in [0, 0.05) is 6.61 Å². The number of benzene rings is 1. The fourth-order valence-corrected chi connectivity index (χ4v) is 4.19. The van der Waals surface area contributed by atoms with E-state index in [0.29, 0.717) is 12.0 Å². The van der Waals surface area contributed by atoms with E-state index in [4.69, 9.17) is 26.9 Å². The molecule has 0 unspecified atom stereocenters. The van der Waals surface area contributed by atoms with Gasteiger partial charge in [-0.3, -0.25) is 0 Å². The number of hydrogen-bond donors (Lipinski definition) is 0. The summed E-state index contributed by atoms with van der Waals surface area (Å²) in [4.78, 5) is 0. The molecule has 0 spiro atoms. The molecule has 0 N–H and O–H groups in total. The molecular weight excluding hydrogens is 314 g/mol. The van der Waals surface area contributed by atoms with Crippen molar-refractivity contribution in [3.05, 3.63) is 35.6 Å². The number of halogens is 3. The van der Waals surface area contributed by atoms with Gasteiger partial charge < -0.3 is 4.74 Å². The van der Waals surface area contributed by atoms with E-state index in [1.54, 1.807) is 12.1 Å². The van der Waals surface area contributed by atoms with Crippen LogP contribution in [0.2, 0.25) is 6.04 Å². The van der Waals surface area contributed by atoms with Crippen LogP contribution < -0.4 is 0 Å². The minimum absolute atomic E-state index is 0.161. The second-order valence-electron chi connectivity index (χ2n) is 5.43. The molecule has 1 aromatic carbocycles. The van der Waals surface area contributed by atoms with Gasteiger partial charge >= 0.3 is 0 Å².